The van der Waals surface area contributed by atoms with Gasteiger partial charge < -0.3 is 5.32 Å². The van der Waals surface area contributed by atoms with Gasteiger partial charge in [0.05, 0.1) is 0 Å². The van der Waals surface area contributed by atoms with Crippen LogP contribution in [-0.4, -0.2) is 42.1 Å². The van der Waals surface area contributed by atoms with E-state index in [2.05, 4.69) is 20.6 Å². The average Bonchev–Trinajstić information content (AvgIpc) is 2.78. The van der Waals surface area contributed by atoms with Gasteiger partial charge in [-0.05, 0) is 19.1 Å². The topological polar surface area (TPSA) is 72.2 Å². The van der Waals surface area contributed by atoms with Gasteiger partial charge in [-0.25, -0.2) is 0 Å². The summed E-state index contributed by atoms with van der Waals surface area (Å²) >= 11 is 0. The molecule has 0 aliphatic rings. The standard InChI is InChI=1S/C10H12F3N5OS/c1-6(20(2)19)5-14-7-3-4-8-15-16-9(10(11,12)13)18(8)17-7/h3-4,6H,5H2,1-2H3,(H,14,17). The molecule has 1 N–H and O–H groups in total. The zero-order valence-corrected chi connectivity index (χ0v) is 11.5. The summed E-state index contributed by atoms with van der Waals surface area (Å²) in [6, 6.07) is 2.88. The molecule has 2 aromatic heterocycles. The van der Waals surface area contributed by atoms with Crippen LogP contribution in [0, 0.1) is 0 Å². The first-order valence-electron chi connectivity index (χ1n) is 5.65. The Balaban J connectivity index is 2.26. The van der Waals surface area contributed by atoms with Gasteiger partial charge in [0.15, 0.2) is 5.65 Å². The third-order valence-electron chi connectivity index (χ3n) is 2.65. The van der Waals surface area contributed by atoms with Crippen LogP contribution in [0.4, 0.5) is 19.0 Å². The van der Waals surface area contributed by atoms with Gasteiger partial charge in [0.2, 0.25) is 0 Å². The van der Waals surface area contributed by atoms with E-state index in [0.29, 0.717) is 11.1 Å². The molecule has 0 saturated carbocycles. The highest BCUT2D eigenvalue weighted by Gasteiger charge is 2.37. The maximum absolute atomic E-state index is 12.7. The molecule has 2 rings (SSSR count). The first kappa shape index (κ1) is 14.7. The van der Waals surface area contributed by atoms with Crippen LogP contribution in [0.2, 0.25) is 0 Å². The maximum Gasteiger partial charge on any atom is 0.453 e. The van der Waals surface area contributed by atoms with E-state index < -0.39 is 22.8 Å². The van der Waals surface area contributed by atoms with E-state index >= 15 is 0 Å². The molecule has 0 aliphatic carbocycles. The van der Waals surface area contributed by atoms with Crippen LogP contribution in [-0.2, 0) is 17.0 Å². The Bertz CT molecular complexity index is 641. The fraction of sp³-hybridized carbons (Fsp3) is 0.500. The van der Waals surface area contributed by atoms with E-state index in [9.17, 15) is 17.4 Å². The molecule has 2 unspecified atom stereocenters. The highest BCUT2D eigenvalue weighted by molar-refractivity contribution is 7.84. The molecule has 0 saturated heterocycles. The first-order valence-corrected chi connectivity index (χ1v) is 7.27. The maximum atomic E-state index is 12.7. The molecule has 110 valence electrons. The molecule has 0 spiro atoms. The summed E-state index contributed by atoms with van der Waals surface area (Å²) < 4.78 is 49.9. The number of fused-ring (bicyclic) bond motifs is 1. The lowest BCUT2D eigenvalue weighted by Gasteiger charge is -2.10. The third-order valence-corrected chi connectivity index (χ3v) is 3.95. The molecular weight excluding hydrogens is 295 g/mol. The van der Waals surface area contributed by atoms with Crippen LogP contribution in [0.25, 0.3) is 5.65 Å². The first-order chi connectivity index (χ1) is 9.29. The molecular formula is C10H12F3N5OS. The third kappa shape index (κ3) is 3.06. The van der Waals surface area contributed by atoms with Gasteiger partial charge in [-0.3, -0.25) is 4.21 Å². The Morgan fingerprint density at radius 3 is 2.70 bits per heavy atom. The van der Waals surface area contributed by atoms with E-state index in [1.165, 1.54) is 12.1 Å². The summed E-state index contributed by atoms with van der Waals surface area (Å²) in [5, 5.41) is 13.0. The molecule has 10 heteroatoms. The summed E-state index contributed by atoms with van der Waals surface area (Å²) in [5.41, 5.74) is 0.00925. The summed E-state index contributed by atoms with van der Waals surface area (Å²) in [5.74, 6) is -0.941. The van der Waals surface area contributed by atoms with Crippen molar-refractivity contribution in [3.05, 3.63) is 18.0 Å². The zero-order valence-electron chi connectivity index (χ0n) is 10.7. The van der Waals surface area contributed by atoms with Crippen LogP contribution in [0.5, 0.6) is 0 Å². The highest BCUT2D eigenvalue weighted by Crippen LogP contribution is 2.27. The predicted molar refractivity (Wildman–Crippen MR) is 67.8 cm³/mol. The minimum atomic E-state index is -4.62. The monoisotopic (exact) mass is 307 g/mol. The zero-order chi connectivity index (χ0) is 14.9. The van der Waals surface area contributed by atoms with Crippen molar-refractivity contribution >= 4 is 22.3 Å². The van der Waals surface area contributed by atoms with Gasteiger partial charge in [-0.15, -0.1) is 15.3 Å². The van der Waals surface area contributed by atoms with E-state index in [4.69, 9.17) is 0 Å². The van der Waals surface area contributed by atoms with Crippen molar-refractivity contribution in [2.24, 2.45) is 0 Å². The minimum Gasteiger partial charge on any atom is -0.367 e. The lowest BCUT2D eigenvalue weighted by atomic mass is 10.4. The van der Waals surface area contributed by atoms with Crippen molar-refractivity contribution in [2.45, 2.75) is 18.3 Å². The Hall–Kier alpha value is -1.71. The van der Waals surface area contributed by atoms with Crippen molar-refractivity contribution in [2.75, 3.05) is 18.1 Å². The van der Waals surface area contributed by atoms with Crippen molar-refractivity contribution in [1.82, 2.24) is 19.8 Å². The Morgan fingerprint density at radius 2 is 2.10 bits per heavy atom. The summed E-state index contributed by atoms with van der Waals surface area (Å²) in [4.78, 5) is 0. The molecule has 0 amide bonds. The van der Waals surface area contributed by atoms with Crippen LogP contribution in [0.3, 0.4) is 0 Å². The van der Waals surface area contributed by atoms with Gasteiger partial charge >= 0.3 is 6.18 Å². The number of aromatic nitrogens is 4. The van der Waals surface area contributed by atoms with E-state index in [1.807, 2.05) is 0 Å². The fourth-order valence-electron chi connectivity index (χ4n) is 1.43. The summed E-state index contributed by atoms with van der Waals surface area (Å²) in [7, 11) is -1.02. The Kier molecular flexibility index (Phi) is 3.93. The summed E-state index contributed by atoms with van der Waals surface area (Å²) in [6.45, 7) is 2.10. The van der Waals surface area contributed by atoms with E-state index in [0.717, 1.165) is 0 Å². The Morgan fingerprint density at radius 1 is 1.40 bits per heavy atom. The van der Waals surface area contributed by atoms with Crippen LogP contribution < -0.4 is 5.32 Å². The van der Waals surface area contributed by atoms with Crippen molar-refractivity contribution in [3.63, 3.8) is 0 Å². The molecule has 2 atom stereocenters. The van der Waals surface area contributed by atoms with Gasteiger partial charge in [0, 0.05) is 28.9 Å². The van der Waals surface area contributed by atoms with Gasteiger partial charge in [-0.1, -0.05) is 0 Å². The number of anilines is 1. The van der Waals surface area contributed by atoms with E-state index in [-0.39, 0.29) is 16.7 Å². The van der Waals surface area contributed by atoms with Crippen LogP contribution in [0.15, 0.2) is 12.1 Å². The molecule has 2 aromatic rings. The molecule has 0 aromatic carbocycles. The number of rotatable bonds is 4. The minimum absolute atomic E-state index is 0.00925. The second-order valence-electron chi connectivity index (χ2n) is 4.20. The van der Waals surface area contributed by atoms with Gasteiger partial charge in [0.1, 0.15) is 5.82 Å². The molecule has 2 heterocycles. The quantitative estimate of drug-likeness (QED) is 0.922. The molecule has 0 fully saturated rings. The summed E-state index contributed by atoms with van der Waals surface area (Å²) in [6.07, 6.45) is -3.06. The van der Waals surface area contributed by atoms with Crippen molar-refractivity contribution < 1.29 is 17.4 Å². The second kappa shape index (κ2) is 5.35. The molecule has 0 bridgehead atoms. The van der Waals surface area contributed by atoms with Gasteiger partial charge in [0.25, 0.3) is 5.82 Å². The predicted octanol–water partition coefficient (Wildman–Crippen LogP) is 1.32. The highest BCUT2D eigenvalue weighted by atomic mass is 32.2. The fourth-order valence-corrected chi connectivity index (χ4v) is 1.74. The lowest BCUT2D eigenvalue weighted by molar-refractivity contribution is -0.146. The van der Waals surface area contributed by atoms with Crippen molar-refractivity contribution in [3.8, 4) is 0 Å². The number of alkyl halides is 3. The Labute approximate surface area is 114 Å². The van der Waals surface area contributed by atoms with E-state index in [1.54, 1.807) is 13.2 Å². The second-order valence-corrected chi connectivity index (χ2v) is 6.00. The van der Waals surface area contributed by atoms with Crippen LogP contribution >= 0.6 is 0 Å². The largest absolute Gasteiger partial charge is 0.453 e. The smallest absolute Gasteiger partial charge is 0.367 e. The van der Waals surface area contributed by atoms with Crippen molar-refractivity contribution in [1.29, 1.82) is 0 Å². The molecule has 20 heavy (non-hydrogen) atoms. The molecule has 0 radical (unpaired) electrons. The average molecular weight is 307 g/mol. The number of hydrogen-bond acceptors (Lipinski definition) is 5. The SMILES string of the molecule is CC(CNc1ccc2nnc(C(F)(F)F)n2n1)S(C)=O. The van der Waals surface area contributed by atoms with Crippen LogP contribution in [0.1, 0.15) is 12.7 Å². The number of nitrogens with zero attached hydrogens (tertiary/aromatic N) is 4. The molecule has 6 nitrogen and oxygen atoms in total. The number of nitrogens with one attached hydrogen (secondary N) is 1. The normalized spacial score (nSPS) is 15.2. The number of halogens is 3. The van der Waals surface area contributed by atoms with Gasteiger partial charge in [-0.2, -0.15) is 17.7 Å². The molecule has 0 aliphatic heterocycles. The lowest BCUT2D eigenvalue weighted by Crippen LogP contribution is -2.21. The number of hydrogen-bond donors (Lipinski definition) is 1.